The highest BCUT2D eigenvalue weighted by atomic mass is 28.3. The predicted molar refractivity (Wildman–Crippen MR) is 248 cm³/mol. The lowest BCUT2D eigenvalue weighted by atomic mass is 9.82. The van der Waals surface area contributed by atoms with E-state index in [2.05, 4.69) is 200 Å². The number of aryl methyl sites for hydroxylation is 2. The summed E-state index contributed by atoms with van der Waals surface area (Å²) in [6.45, 7) is 17.0. The van der Waals surface area contributed by atoms with Crippen molar-refractivity contribution in [3.05, 3.63) is 163 Å². The van der Waals surface area contributed by atoms with Crippen LogP contribution in [0.15, 0.2) is 152 Å². The molecule has 0 aliphatic carbocycles. The number of fused-ring (bicyclic) bond motifs is 5. The average molecular weight is 739 g/mol. The van der Waals surface area contributed by atoms with Crippen LogP contribution in [0.3, 0.4) is 0 Å². The lowest BCUT2D eigenvalue weighted by Gasteiger charge is -2.60. The Labute approximate surface area is 332 Å². The summed E-state index contributed by atoms with van der Waals surface area (Å²) < 4.78 is 0. The SMILES string of the molecule is Cc1ccc(-c2c3ccccc3c(-c3ccc(C)c4ccccc34)c3cc(-c4ccc5ccc([Si]6(C(C)C)C(C)C(C)C6C)cc5c4)ccc23)c2ccccc12. The quantitative estimate of drug-likeness (QED) is 0.122. The van der Waals surface area contributed by atoms with Gasteiger partial charge in [0.2, 0.25) is 0 Å². The maximum absolute atomic E-state index is 2.59. The van der Waals surface area contributed by atoms with E-state index in [1.54, 1.807) is 5.19 Å². The van der Waals surface area contributed by atoms with Crippen LogP contribution in [0.1, 0.15) is 45.7 Å². The van der Waals surface area contributed by atoms with Crippen LogP contribution in [-0.4, -0.2) is 8.07 Å². The Bertz CT molecular complexity index is 3030. The van der Waals surface area contributed by atoms with Gasteiger partial charge in [-0.3, -0.25) is 0 Å². The number of benzene rings is 9. The van der Waals surface area contributed by atoms with Crippen LogP contribution in [0.2, 0.25) is 16.6 Å². The van der Waals surface area contributed by atoms with Gasteiger partial charge in [-0.25, -0.2) is 0 Å². The van der Waals surface area contributed by atoms with Crippen LogP contribution >= 0.6 is 0 Å². The van der Waals surface area contributed by atoms with Gasteiger partial charge in [-0.05, 0) is 147 Å². The van der Waals surface area contributed by atoms with E-state index in [-0.39, 0.29) is 0 Å². The summed E-state index contributed by atoms with van der Waals surface area (Å²) in [7, 11) is -1.68. The molecule has 0 N–H and O–H groups in total. The molecule has 1 fully saturated rings. The van der Waals surface area contributed by atoms with Gasteiger partial charge >= 0.3 is 0 Å². The highest BCUT2D eigenvalue weighted by molar-refractivity contribution is 6.97. The van der Waals surface area contributed by atoms with Crippen molar-refractivity contribution in [1.82, 2.24) is 0 Å². The minimum atomic E-state index is -1.68. The van der Waals surface area contributed by atoms with Crippen molar-refractivity contribution in [2.45, 2.75) is 65.1 Å². The first-order chi connectivity index (χ1) is 27.2. The molecule has 0 bridgehead atoms. The molecule has 0 saturated carbocycles. The number of rotatable bonds is 5. The molecule has 1 aliphatic rings. The van der Waals surface area contributed by atoms with E-state index in [9.17, 15) is 0 Å². The first-order valence-corrected chi connectivity index (χ1v) is 22.9. The minimum Gasteiger partial charge on any atom is -0.0648 e. The summed E-state index contributed by atoms with van der Waals surface area (Å²) in [5, 5.41) is 14.7. The summed E-state index contributed by atoms with van der Waals surface area (Å²) >= 11 is 0. The predicted octanol–water partition coefficient (Wildman–Crippen LogP) is 15.6. The molecule has 56 heavy (non-hydrogen) atoms. The van der Waals surface area contributed by atoms with Gasteiger partial charge in [0.1, 0.15) is 0 Å². The van der Waals surface area contributed by atoms with Crippen molar-refractivity contribution in [1.29, 1.82) is 0 Å². The minimum absolute atomic E-state index is 0.718. The summed E-state index contributed by atoms with van der Waals surface area (Å²) in [5.74, 6) is 0.794. The maximum atomic E-state index is 2.59. The fraction of sp³-hybridized carbons (Fsp3) is 0.200. The van der Waals surface area contributed by atoms with Crippen molar-refractivity contribution in [3.63, 3.8) is 0 Å². The van der Waals surface area contributed by atoms with E-state index in [0.717, 1.165) is 22.5 Å². The van der Waals surface area contributed by atoms with E-state index in [1.165, 1.54) is 98.4 Å². The first-order valence-electron chi connectivity index (χ1n) is 20.7. The van der Waals surface area contributed by atoms with Crippen molar-refractivity contribution in [2.24, 2.45) is 5.92 Å². The topological polar surface area (TPSA) is 0 Å². The molecule has 9 aromatic carbocycles. The molecule has 1 saturated heterocycles. The molecule has 9 aromatic rings. The standard InChI is InChI=1S/C55H50Si/c1-33(2)56(37(6)36(5)38(56)7)43-26-24-39-22-23-40(30-42(39)31-43)41-25-29-52-53(32-41)55(51-28-21-35(4)45-15-9-11-17-47(45)51)49-19-13-12-18-48(49)54(52)50-27-20-34(3)44-14-8-10-16-46(44)50/h8-33,36-38H,1-7H3. The summed E-state index contributed by atoms with van der Waals surface area (Å²) in [6, 6.07) is 58.2. The highest BCUT2D eigenvalue weighted by Gasteiger charge is 2.59. The summed E-state index contributed by atoms with van der Waals surface area (Å²) in [5.41, 5.74) is 12.6. The van der Waals surface area contributed by atoms with Crippen LogP contribution < -0.4 is 5.19 Å². The molecule has 0 radical (unpaired) electrons. The lowest BCUT2D eigenvalue weighted by molar-refractivity contribution is 0.428. The van der Waals surface area contributed by atoms with E-state index < -0.39 is 8.07 Å². The molecule has 1 aliphatic heterocycles. The van der Waals surface area contributed by atoms with Gasteiger partial charge in [0, 0.05) is 0 Å². The molecule has 2 unspecified atom stereocenters. The van der Waals surface area contributed by atoms with Crippen LogP contribution in [0.25, 0.3) is 87.2 Å². The summed E-state index contributed by atoms with van der Waals surface area (Å²) in [6.07, 6.45) is 0. The molecule has 1 heteroatoms. The molecule has 10 rings (SSSR count). The zero-order chi connectivity index (χ0) is 38.5. The second-order valence-corrected chi connectivity index (χ2v) is 22.7. The molecule has 2 atom stereocenters. The largest absolute Gasteiger partial charge is 0.0953 e. The van der Waals surface area contributed by atoms with Crippen molar-refractivity contribution in [2.75, 3.05) is 0 Å². The smallest absolute Gasteiger partial charge is 0.0648 e. The second-order valence-electron chi connectivity index (χ2n) is 17.3. The Morgan fingerprint density at radius 2 is 0.875 bits per heavy atom. The lowest BCUT2D eigenvalue weighted by Crippen LogP contribution is -2.67. The molecule has 0 spiro atoms. The monoisotopic (exact) mass is 738 g/mol. The van der Waals surface area contributed by atoms with E-state index in [4.69, 9.17) is 0 Å². The Balaban J connectivity index is 1.27. The molecular formula is C55H50Si. The van der Waals surface area contributed by atoms with Crippen molar-refractivity contribution in [3.8, 4) is 33.4 Å². The normalized spacial score (nSPS) is 19.8. The van der Waals surface area contributed by atoms with Gasteiger partial charge in [0.15, 0.2) is 0 Å². The van der Waals surface area contributed by atoms with Crippen LogP contribution in [0.5, 0.6) is 0 Å². The number of hydrogen-bond donors (Lipinski definition) is 0. The fourth-order valence-electron chi connectivity index (χ4n) is 11.5. The summed E-state index contributed by atoms with van der Waals surface area (Å²) in [4.78, 5) is 0. The van der Waals surface area contributed by atoms with E-state index in [0.29, 0.717) is 0 Å². The number of hydrogen-bond acceptors (Lipinski definition) is 0. The van der Waals surface area contributed by atoms with Gasteiger partial charge in [-0.2, -0.15) is 0 Å². The van der Waals surface area contributed by atoms with Crippen molar-refractivity contribution < 1.29 is 0 Å². The Hall–Kier alpha value is -5.50. The zero-order valence-electron chi connectivity index (χ0n) is 33.7. The van der Waals surface area contributed by atoms with Crippen molar-refractivity contribution >= 4 is 67.1 Å². The molecule has 274 valence electrons. The molecular weight excluding hydrogens is 689 g/mol. The zero-order valence-corrected chi connectivity index (χ0v) is 34.7. The maximum Gasteiger partial charge on any atom is 0.0953 e. The van der Waals surface area contributed by atoms with Gasteiger partial charge in [-0.1, -0.05) is 179 Å². The Kier molecular flexibility index (Phi) is 8.14. The molecule has 1 heterocycles. The molecule has 0 aromatic heterocycles. The van der Waals surface area contributed by atoms with Gasteiger partial charge in [-0.15, -0.1) is 0 Å². The van der Waals surface area contributed by atoms with Gasteiger partial charge < -0.3 is 0 Å². The van der Waals surface area contributed by atoms with Crippen LogP contribution in [-0.2, 0) is 0 Å². The molecule has 0 amide bonds. The second kappa shape index (κ2) is 13.0. The Morgan fingerprint density at radius 3 is 1.45 bits per heavy atom. The van der Waals surface area contributed by atoms with Gasteiger partial charge in [0.05, 0.1) is 8.07 Å². The van der Waals surface area contributed by atoms with Crippen LogP contribution in [0, 0.1) is 19.8 Å². The Morgan fingerprint density at radius 1 is 0.411 bits per heavy atom. The van der Waals surface area contributed by atoms with Gasteiger partial charge in [0.25, 0.3) is 0 Å². The molecule has 0 nitrogen and oxygen atoms in total. The first kappa shape index (κ1) is 34.9. The van der Waals surface area contributed by atoms with E-state index in [1.807, 2.05) is 0 Å². The van der Waals surface area contributed by atoms with Crippen LogP contribution in [0.4, 0.5) is 0 Å². The van der Waals surface area contributed by atoms with E-state index >= 15 is 0 Å². The average Bonchev–Trinajstić information content (AvgIpc) is 3.23. The third-order valence-corrected chi connectivity index (χ3v) is 21.8. The third kappa shape index (κ3) is 4.96. The third-order valence-electron chi connectivity index (χ3n) is 14.6. The fourth-order valence-corrected chi connectivity index (χ4v) is 18.9. The highest BCUT2D eigenvalue weighted by Crippen LogP contribution is 2.60.